The monoisotopic (exact) mass is 283 g/mol. The molecule has 2 heteroatoms. The van der Waals surface area contributed by atoms with Crippen LogP contribution in [0, 0.1) is 0 Å². The molecule has 0 aliphatic heterocycles. The molecule has 0 saturated carbocycles. The van der Waals surface area contributed by atoms with E-state index in [4.69, 9.17) is 4.74 Å². The summed E-state index contributed by atoms with van der Waals surface area (Å²) in [6.07, 6.45) is 2.01. The van der Waals surface area contributed by atoms with E-state index in [-0.39, 0.29) is 0 Å². The summed E-state index contributed by atoms with van der Waals surface area (Å²) in [4.78, 5) is 0. The van der Waals surface area contributed by atoms with Crippen LogP contribution in [0.4, 0.5) is 0 Å². The first-order chi connectivity index (χ1) is 10.3. The third-order valence-corrected chi connectivity index (χ3v) is 3.83. The molecule has 0 radical (unpaired) electrons. The second-order valence-electron chi connectivity index (χ2n) is 5.22. The van der Waals surface area contributed by atoms with Crippen molar-refractivity contribution in [3.63, 3.8) is 0 Å². The van der Waals surface area contributed by atoms with Gasteiger partial charge in [0.25, 0.3) is 0 Å². The van der Waals surface area contributed by atoms with E-state index in [2.05, 4.69) is 55.6 Å². The number of ether oxygens (including phenoxy) is 1. The number of methoxy groups -OCH3 is 1. The fourth-order valence-electron chi connectivity index (χ4n) is 2.68. The van der Waals surface area contributed by atoms with E-state index in [1.165, 1.54) is 16.7 Å². The minimum absolute atomic E-state index is 0.317. The van der Waals surface area contributed by atoms with Crippen LogP contribution in [0.25, 0.3) is 0 Å². The molecular weight excluding hydrogens is 258 g/mol. The molecular formula is C19H25NO. The largest absolute Gasteiger partial charge is 0.496 e. The van der Waals surface area contributed by atoms with Gasteiger partial charge in [0.2, 0.25) is 0 Å². The molecule has 0 spiro atoms. The van der Waals surface area contributed by atoms with E-state index in [1.807, 2.05) is 12.1 Å². The fraction of sp³-hybridized carbons (Fsp3) is 0.368. The maximum atomic E-state index is 5.48. The standard InChI is InChI=1S/C19H25NO/c1-4-15-9-8-11-16(13-15)18(20-5-2)14-17-10-6-7-12-19(17)21-3/h6-13,18,20H,4-5,14H2,1-3H3. The number of aryl methyl sites for hydroxylation is 1. The number of nitrogens with one attached hydrogen (secondary N) is 1. The summed E-state index contributed by atoms with van der Waals surface area (Å²) in [6, 6.07) is 17.4. The molecule has 1 atom stereocenters. The van der Waals surface area contributed by atoms with Gasteiger partial charge in [0.05, 0.1) is 7.11 Å². The molecule has 1 unspecified atom stereocenters. The average molecular weight is 283 g/mol. The molecule has 0 fully saturated rings. The molecule has 0 aliphatic rings. The molecule has 0 bridgehead atoms. The Morgan fingerprint density at radius 3 is 2.57 bits per heavy atom. The first kappa shape index (κ1) is 15.6. The highest BCUT2D eigenvalue weighted by atomic mass is 16.5. The molecule has 2 aromatic rings. The number of para-hydroxylation sites is 1. The van der Waals surface area contributed by atoms with Crippen LogP contribution in [0.3, 0.4) is 0 Å². The number of rotatable bonds is 7. The second kappa shape index (κ2) is 7.84. The lowest BCUT2D eigenvalue weighted by atomic mass is 9.96. The number of likely N-dealkylation sites (N-methyl/N-ethyl adjacent to an activating group) is 1. The first-order valence-corrected chi connectivity index (χ1v) is 7.72. The Labute approximate surface area is 128 Å². The van der Waals surface area contributed by atoms with Crippen LogP contribution >= 0.6 is 0 Å². The molecule has 0 saturated heterocycles. The predicted octanol–water partition coefficient (Wildman–Crippen LogP) is 4.15. The van der Waals surface area contributed by atoms with Gasteiger partial charge in [-0.1, -0.05) is 56.3 Å². The topological polar surface area (TPSA) is 21.3 Å². The zero-order valence-corrected chi connectivity index (χ0v) is 13.2. The van der Waals surface area contributed by atoms with Crippen LogP contribution in [0.5, 0.6) is 5.75 Å². The number of hydrogen-bond donors (Lipinski definition) is 1. The lowest BCUT2D eigenvalue weighted by Gasteiger charge is -2.20. The van der Waals surface area contributed by atoms with Crippen molar-refractivity contribution in [2.24, 2.45) is 0 Å². The van der Waals surface area contributed by atoms with Crippen LogP contribution in [0.1, 0.15) is 36.6 Å². The third kappa shape index (κ3) is 4.08. The molecule has 0 amide bonds. The molecule has 112 valence electrons. The summed E-state index contributed by atoms with van der Waals surface area (Å²) >= 11 is 0. The molecule has 2 aromatic carbocycles. The summed E-state index contributed by atoms with van der Waals surface area (Å²) in [5.41, 5.74) is 3.98. The quantitative estimate of drug-likeness (QED) is 0.824. The summed E-state index contributed by atoms with van der Waals surface area (Å²) < 4.78 is 5.48. The van der Waals surface area contributed by atoms with Crippen molar-refractivity contribution in [2.45, 2.75) is 32.7 Å². The molecule has 0 heterocycles. The van der Waals surface area contributed by atoms with Crippen LogP contribution in [0.15, 0.2) is 48.5 Å². The van der Waals surface area contributed by atoms with Gasteiger partial charge in [-0.2, -0.15) is 0 Å². The SMILES string of the molecule is CCNC(Cc1ccccc1OC)c1cccc(CC)c1. The highest BCUT2D eigenvalue weighted by Crippen LogP contribution is 2.25. The predicted molar refractivity (Wildman–Crippen MR) is 88.9 cm³/mol. The minimum Gasteiger partial charge on any atom is -0.496 e. The van der Waals surface area contributed by atoms with Gasteiger partial charge in [-0.3, -0.25) is 0 Å². The Morgan fingerprint density at radius 1 is 1.05 bits per heavy atom. The van der Waals surface area contributed by atoms with Gasteiger partial charge in [-0.25, -0.2) is 0 Å². The van der Waals surface area contributed by atoms with E-state index in [9.17, 15) is 0 Å². The average Bonchev–Trinajstić information content (AvgIpc) is 2.55. The van der Waals surface area contributed by atoms with Crippen molar-refractivity contribution in [3.05, 3.63) is 65.2 Å². The molecule has 1 N–H and O–H groups in total. The van der Waals surface area contributed by atoms with Crippen molar-refractivity contribution in [3.8, 4) is 5.75 Å². The maximum Gasteiger partial charge on any atom is 0.122 e. The first-order valence-electron chi connectivity index (χ1n) is 7.72. The van der Waals surface area contributed by atoms with Crippen molar-refractivity contribution in [2.75, 3.05) is 13.7 Å². The van der Waals surface area contributed by atoms with Crippen molar-refractivity contribution >= 4 is 0 Å². The van der Waals surface area contributed by atoms with Gasteiger partial charge in [-0.15, -0.1) is 0 Å². The lowest BCUT2D eigenvalue weighted by Crippen LogP contribution is -2.23. The Bertz CT molecular complexity index is 565. The van der Waals surface area contributed by atoms with Crippen LogP contribution in [-0.4, -0.2) is 13.7 Å². The van der Waals surface area contributed by atoms with Crippen molar-refractivity contribution < 1.29 is 4.74 Å². The Kier molecular flexibility index (Phi) is 5.82. The van der Waals surface area contributed by atoms with Crippen LogP contribution < -0.4 is 10.1 Å². The fourth-order valence-corrected chi connectivity index (χ4v) is 2.68. The minimum atomic E-state index is 0.317. The van der Waals surface area contributed by atoms with Gasteiger partial charge >= 0.3 is 0 Å². The van der Waals surface area contributed by atoms with E-state index in [0.29, 0.717) is 6.04 Å². The summed E-state index contributed by atoms with van der Waals surface area (Å²) in [5, 5.41) is 3.59. The Morgan fingerprint density at radius 2 is 1.86 bits per heavy atom. The van der Waals surface area contributed by atoms with Crippen molar-refractivity contribution in [1.29, 1.82) is 0 Å². The highest BCUT2D eigenvalue weighted by Gasteiger charge is 2.14. The maximum absolute atomic E-state index is 5.48. The van der Waals surface area contributed by atoms with Gasteiger partial charge in [0, 0.05) is 6.04 Å². The normalized spacial score (nSPS) is 12.1. The van der Waals surface area contributed by atoms with Gasteiger partial charge in [0.1, 0.15) is 5.75 Å². The van der Waals surface area contributed by atoms with Crippen LogP contribution in [-0.2, 0) is 12.8 Å². The van der Waals surface area contributed by atoms with Gasteiger partial charge < -0.3 is 10.1 Å². The van der Waals surface area contributed by atoms with Gasteiger partial charge in [0.15, 0.2) is 0 Å². The Balaban J connectivity index is 2.26. The zero-order valence-electron chi connectivity index (χ0n) is 13.2. The third-order valence-electron chi connectivity index (χ3n) is 3.83. The molecule has 2 nitrogen and oxygen atoms in total. The lowest BCUT2D eigenvalue weighted by molar-refractivity contribution is 0.405. The highest BCUT2D eigenvalue weighted by molar-refractivity contribution is 5.36. The number of hydrogen-bond acceptors (Lipinski definition) is 2. The molecule has 0 aromatic heterocycles. The van der Waals surface area contributed by atoms with Gasteiger partial charge in [-0.05, 0) is 42.1 Å². The molecule has 21 heavy (non-hydrogen) atoms. The molecule has 2 rings (SSSR count). The Hall–Kier alpha value is -1.80. The van der Waals surface area contributed by atoms with Crippen molar-refractivity contribution in [1.82, 2.24) is 5.32 Å². The summed E-state index contributed by atoms with van der Waals surface area (Å²) in [6.45, 7) is 5.30. The number of benzene rings is 2. The van der Waals surface area contributed by atoms with Crippen LogP contribution in [0.2, 0.25) is 0 Å². The molecule has 0 aliphatic carbocycles. The van der Waals surface area contributed by atoms with E-state index in [1.54, 1.807) is 7.11 Å². The summed E-state index contributed by atoms with van der Waals surface area (Å²) in [7, 11) is 1.73. The smallest absolute Gasteiger partial charge is 0.122 e. The zero-order chi connectivity index (χ0) is 15.1. The van der Waals surface area contributed by atoms with E-state index >= 15 is 0 Å². The second-order valence-corrected chi connectivity index (χ2v) is 5.22. The van der Waals surface area contributed by atoms with E-state index < -0.39 is 0 Å². The summed E-state index contributed by atoms with van der Waals surface area (Å²) in [5.74, 6) is 0.965. The van der Waals surface area contributed by atoms with E-state index in [0.717, 1.165) is 25.1 Å².